The molecular formula is C18H19N3O2. The molecule has 0 unspecified atom stereocenters. The van der Waals surface area contributed by atoms with Crippen LogP contribution in [0.4, 0.5) is 0 Å². The van der Waals surface area contributed by atoms with Gasteiger partial charge in [0.25, 0.3) is 0 Å². The van der Waals surface area contributed by atoms with Gasteiger partial charge in [0, 0.05) is 17.5 Å². The molecule has 0 fully saturated rings. The predicted molar refractivity (Wildman–Crippen MR) is 89.2 cm³/mol. The largest absolute Gasteiger partial charge is 0.494 e. The Bertz CT molecular complexity index is 811. The number of benzene rings is 2. The van der Waals surface area contributed by atoms with Gasteiger partial charge < -0.3 is 10.1 Å². The lowest BCUT2D eigenvalue weighted by Crippen LogP contribution is -2.27. The Morgan fingerprint density at radius 2 is 1.96 bits per heavy atom. The van der Waals surface area contributed by atoms with Crippen LogP contribution >= 0.6 is 0 Å². The summed E-state index contributed by atoms with van der Waals surface area (Å²) in [5, 5.41) is 8.22. The molecule has 1 aromatic heterocycles. The van der Waals surface area contributed by atoms with Crippen molar-refractivity contribution in [3.8, 4) is 5.75 Å². The third-order valence-corrected chi connectivity index (χ3v) is 3.59. The zero-order valence-corrected chi connectivity index (χ0v) is 13.0. The van der Waals surface area contributed by atoms with Crippen LogP contribution in [-0.4, -0.2) is 22.3 Å². The maximum Gasteiger partial charge on any atom is 0.242 e. The van der Waals surface area contributed by atoms with Crippen molar-refractivity contribution in [2.45, 2.75) is 20.0 Å². The summed E-state index contributed by atoms with van der Waals surface area (Å²) in [6.07, 6.45) is 1.77. The van der Waals surface area contributed by atoms with Crippen molar-refractivity contribution >= 4 is 16.8 Å². The highest BCUT2D eigenvalue weighted by atomic mass is 16.5. The number of aromatic nitrogens is 2. The van der Waals surface area contributed by atoms with Gasteiger partial charge in [0.15, 0.2) is 0 Å². The number of hydrogen-bond acceptors (Lipinski definition) is 3. The van der Waals surface area contributed by atoms with E-state index in [9.17, 15) is 4.79 Å². The van der Waals surface area contributed by atoms with Crippen LogP contribution in [0.2, 0.25) is 0 Å². The fourth-order valence-corrected chi connectivity index (χ4v) is 2.48. The minimum Gasteiger partial charge on any atom is -0.494 e. The highest BCUT2D eigenvalue weighted by Gasteiger charge is 2.08. The summed E-state index contributed by atoms with van der Waals surface area (Å²) in [6.45, 7) is 3.18. The highest BCUT2D eigenvalue weighted by molar-refractivity contribution is 5.81. The van der Waals surface area contributed by atoms with E-state index < -0.39 is 0 Å². The molecule has 0 aliphatic heterocycles. The summed E-state index contributed by atoms with van der Waals surface area (Å²) in [5.74, 6) is 0.727. The second-order valence-corrected chi connectivity index (χ2v) is 5.18. The maximum absolute atomic E-state index is 12.2. The normalized spacial score (nSPS) is 10.7. The average Bonchev–Trinajstić information content (AvgIpc) is 2.98. The van der Waals surface area contributed by atoms with Gasteiger partial charge in [-0.05, 0) is 19.1 Å². The summed E-state index contributed by atoms with van der Waals surface area (Å²) >= 11 is 0. The van der Waals surface area contributed by atoms with E-state index in [1.807, 2.05) is 55.5 Å². The number of rotatable bonds is 6. The van der Waals surface area contributed by atoms with Crippen molar-refractivity contribution in [3.05, 3.63) is 60.3 Å². The van der Waals surface area contributed by atoms with Gasteiger partial charge in [-0.3, -0.25) is 9.48 Å². The fraction of sp³-hybridized carbons (Fsp3) is 0.222. The van der Waals surface area contributed by atoms with Crippen LogP contribution in [0.1, 0.15) is 12.5 Å². The first-order valence-electron chi connectivity index (χ1n) is 7.66. The molecule has 0 aliphatic rings. The number of amides is 1. The first kappa shape index (κ1) is 15.1. The van der Waals surface area contributed by atoms with Gasteiger partial charge in [0.2, 0.25) is 5.91 Å². The van der Waals surface area contributed by atoms with E-state index >= 15 is 0 Å². The number of nitrogens with one attached hydrogen (secondary N) is 1. The van der Waals surface area contributed by atoms with Gasteiger partial charge in [-0.1, -0.05) is 36.4 Å². The molecule has 118 valence electrons. The molecule has 1 heterocycles. The SMILES string of the molecule is CCOc1ccccc1CNC(=O)Cn1ncc2ccccc21. The number of carbonyl (C=O) groups is 1. The molecule has 3 aromatic rings. The van der Waals surface area contributed by atoms with Gasteiger partial charge in [0.1, 0.15) is 12.3 Å². The van der Waals surface area contributed by atoms with Crippen LogP contribution < -0.4 is 10.1 Å². The number of hydrogen-bond donors (Lipinski definition) is 1. The summed E-state index contributed by atoms with van der Waals surface area (Å²) in [6, 6.07) is 15.6. The Balaban J connectivity index is 1.64. The molecule has 0 bridgehead atoms. The molecule has 3 rings (SSSR count). The smallest absolute Gasteiger partial charge is 0.242 e. The number of nitrogens with zero attached hydrogens (tertiary/aromatic N) is 2. The lowest BCUT2D eigenvalue weighted by Gasteiger charge is -2.11. The summed E-state index contributed by atoms with van der Waals surface area (Å²) in [5.41, 5.74) is 1.92. The number of ether oxygens (including phenoxy) is 1. The summed E-state index contributed by atoms with van der Waals surface area (Å²) in [4.78, 5) is 12.2. The van der Waals surface area contributed by atoms with Crippen LogP contribution in [0.3, 0.4) is 0 Å². The van der Waals surface area contributed by atoms with Gasteiger partial charge in [0.05, 0.1) is 18.3 Å². The maximum atomic E-state index is 12.2. The zero-order valence-electron chi connectivity index (χ0n) is 13.0. The van der Waals surface area contributed by atoms with E-state index in [0.717, 1.165) is 22.2 Å². The van der Waals surface area contributed by atoms with Crippen molar-refractivity contribution in [1.29, 1.82) is 0 Å². The molecule has 1 N–H and O–H groups in total. The molecule has 5 nitrogen and oxygen atoms in total. The van der Waals surface area contributed by atoms with Crippen molar-refractivity contribution in [3.63, 3.8) is 0 Å². The molecule has 0 saturated carbocycles. The quantitative estimate of drug-likeness (QED) is 0.762. The predicted octanol–water partition coefficient (Wildman–Crippen LogP) is 2.75. The third-order valence-electron chi connectivity index (χ3n) is 3.59. The zero-order chi connectivity index (χ0) is 16.1. The van der Waals surface area contributed by atoms with E-state index in [4.69, 9.17) is 4.74 Å². The van der Waals surface area contributed by atoms with Gasteiger partial charge in [-0.2, -0.15) is 5.10 Å². The highest BCUT2D eigenvalue weighted by Crippen LogP contribution is 2.17. The lowest BCUT2D eigenvalue weighted by molar-refractivity contribution is -0.121. The topological polar surface area (TPSA) is 56.1 Å². The van der Waals surface area contributed by atoms with Gasteiger partial charge in [-0.15, -0.1) is 0 Å². The molecule has 23 heavy (non-hydrogen) atoms. The van der Waals surface area contributed by atoms with Crippen molar-refractivity contribution < 1.29 is 9.53 Å². The Morgan fingerprint density at radius 1 is 1.17 bits per heavy atom. The lowest BCUT2D eigenvalue weighted by atomic mass is 10.2. The Labute approximate surface area is 134 Å². The van der Waals surface area contributed by atoms with E-state index in [1.54, 1.807) is 10.9 Å². The van der Waals surface area contributed by atoms with E-state index in [0.29, 0.717) is 13.2 Å². The van der Waals surface area contributed by atoms with Crippen molar-refractivity contribution in [1.82, 2.24) is 15.1 Å². The van der Waals surface area contributed by atoms with Crippen LogP contribution in [0.5, 0.6) is 5.75 Å². The average molecular weight is 309 g/mol. The first-order chi connectivity index (χ1) is 11.3. The first-order valence-corrected chi connectivity index (χ1v) is 7.66. The monoisotopic (exact) mass is 309 g/mol. The van der Waals surface area contributed by atoms with Gasteiger partial charge in [-0.25, -0.2) is 0 Å². The van der Waals surface area contributed by atoms with E-state index in [1.165, 1.54) is 0 Å². The van der Waals surface area contributed by atoms with Crippen LogP contribution in [0.25, 0.3) is 10.9 Å². The van der Waals surface area contributed by atoms with E-state index in [-0.39, 0.29) is 12.5 Å². The van der Waals surface area contributed by atoms with Crippen molar-refractivity contribution in [2.75, 3.05) is 6.61 Å². The molecule has 5 heteroatoms. The second-order valence-electron chi connectivity index (χ2n) is 5.18. The molecular weight excluding hydrogens is 290 g/mol. The minimum atomic E-state index is -0.0786. The fourth-order valence-electron chi connectivity index (χ4n) is 2.48. The molecule has 0 radical (unpaired) electrons. The molecule has 2 aromatic carbocycles. The second kappa shape index (κ2) is 6.96. The van der Waals surface area contributed by atoms with Crippen LogP contribution in [-0.2, 0) is 17.9 Å². The Hall–Kier alpha value is -2.82. The third kappa shape index (κ3) is 3.51. The molecule has 0 atom stereocenters. The molecule has 0 spiro atoms. The molecule has 0 saturated heterocycles. The molecule has 1 amide bonds. The van der Waals surface area contributed by atoms with Crippen molar-refractivity contribution in [2.24, 2.45) is 0 Å². The number of fused-ring (bicyclic) bond motifs is 1. The van der Waals surface area contributed by atoms with Gasteiger partial charge >= 0.3 is 0 Å². The Kier molecular flexibility index (Phi) is 4.57. The standard InChI is InChI=1S/C18H19N3O2/c1-2-23-17-10-6-4-8-15(17)11-19-18(22)13-21-16-9-5-3-7-14(16)12-20-21/h3-10,12H,2,11,13H2,1H3,(H,19,22). The molecule has 0 aliphatic carbocycles. The summed E-state index contributed by atoms with van der Waals surface area (Å²) in [7, 11) is 0. The number of para-hydroxylation sites is 2. The summed E-state index contributed by atoms with van der Waals surface area (Å²) < 4.78 is 7.27. The Morgan fingerprint density at radius 3 is 2.83 bits per heavy atom. The number of carbonyl (C=O) groups excluding carboxylic acids is 1. The van der Waals surface area contributed by atoms with Crippen LogP contribution in [0, 0.1) is 0 Å². The minimum absolute atomic E-state index is 0.0786. The van der Waals surface area contributed by atoms with E-state index in [2.05, 4.69) is 10.4 Å². The van der Waals surface area contributed by atoms with Crippen LogP contribution in [0.15, 0.2) is 54.7 Å².